The summed E-state index contributed by atoms with van der Waals surface area (Å²) in [5.74, 6) is -4.61. The highest BCUT2D eigenvalue weighted by molar-refractivity contribution is 7.89. The highest BCUT2D eigenvalue weighted by atomic mass is 35.5. The Morgan fingerprint density at radius 2 is 2.12 bits per heavy atom. The van der Waals surface area contributed by atoms with E-state index in [-0.39, 0.29) is 24.0 Å². The van der Waals surface area contributed by atoms with Crippen LogP contribution in [-0.4, -0.2) is 40.4 Å². The maximum atomic E-state index is 13.6. The number of alkyl halides is 2. The van der Waals surface area contributed by atoms with Crippen LogP contribution in [0, 0.1) is 11.7 Å². The Hall–Kier alpha value is -0.580. The molecule has 2 rings (SSSR count). The van der Waals surface area contributed by atoms with Crippen LogP contribution in [0.1, 0.15) is 11.7 Å². The molecule has 1 saturated heterocycles. The molecule has 138 valence electrons. The number of ether oxygens (including phenoxy) is 1. The first-order chi connectivity index (χ1) is 10.8. The third-order valence-corrected chi connectivity index (χ3v) is 4.81. The van der Waals surface area contributed by atoms with Crippen molar-refractivity contribution in [3.63, 3.8) is 0 Å². The molecule has 11 heteroatoms. The van der Waals surface area contributed by atoms with Gasteiger partial charge in [-0.2, -0.15) is 8.78 Å². The fraction of sp³-hybridized carbons (Fsp3) is 0.538. The van der Waals surface area contributed by atoms with E-state index in [1.54, 1.807) is 6.07 Å². The van der Waals surface area contributed by atoms with Crippen molar-refractivity contribution in [2.24, 2.45) is 5.92 Å². The average Bonchev–Trinajstić information content (AvgIpc) is 2.73. The van der Waals surface area contributed by atoms with Gasteiger partial charge in [-0.3, -0.25) is 0 Å². The summed E-state index contributed by atoms with van der Waals surface area (Å²) < 4.78 is 68.3. The predicted octanol–water partition coefficient (Wildman–Crippen LogP) is 2.32. The quantitative estimate of drug-likeness (QED) is 0.784. The standard InChI is InChI=1S/C13H16ClF3N2O3S.ClH/c14-10-2-1-8(5-11(10)15)12-9(6-18-3-4-22-12)7-19-23(20,21)13(16)17;/h1-2,5,9,12-13,18-19H,3-4,6-7H2;1H/t9-,12-;/m0./s1. The molecule has 0 aliphatic carbocycles. The minimum atomic E-state index is -4.69. The van der Waals surface area contributed by atoms with Crippen LogP contribution in [0.3, 0.4) is 0 Å². The van der Waals surface area contributed by atoms with Crippen molar-refractivity contribution >= 4 is 34.0 Å². The molecule has 1 aromatic carbocycles. The van der Waals surface area contributed by atoms with Crippen LogP contribution in [-0.2, 0) is 14.8 Å². The smallest absolute Gasteiger partial charge is 0.350 e. The van der Waals surface area contributed by atoms with E-state index in [1.807, 2.05) is 4.72 Å². The van der Waals surface area contributed by atoms with Gasteiger partial charge in [-0.15, -0.1) is 12.4 Å². The normalized spacial score (nSPS) is 22.0. The van der Waals surface area contributed by atoms with E-state index >= 15 is 0 Å². The Balaban J connectivity index is 0.00000288. The van der Waals surface area contributed by atoms with Gasteiger partial charge in [0.2, 0.25) is 0 Å². The first kappa shape index (κ1) is 21.5. The SMILES string of the molecule is Cl.O=S(=O)(NC[C@@H]1CNCCO[C@H]1c1ccc(Cl)c(F)c1)C(F)F. The molecule has 1 aliphatic rings. The number of hydrogen-bond donors (Lipinski definition) is 2. The summed E-state index contributed by atoms with van der Waals surface area (Å²) in [6.07, 6.45) is -0.642. The lowest BCUT2D eigenvalue weighted by atomic mass is 9.95. The first-order valence-corrected chi connectivity index (χ1v) is 8.77. The van der Waals surface area contributed by atoms with Gasteiger partial charge >= 0.3 is 5.76 Å². The second-order valence-electron chi connectivity index (χ2n) is 5.08. The third kappa shape index (κ3) is 5.47. The lowest BCUT2D eigenvalue weighted by molar-refractivity contribution is 0.0319. The zero-order valence-corrected chi connectivity index (χ0v) is 14.7. The topological polar surface area (TPSA) is 67.4 Å². The molecule has 24 heavy (non-hydrogen) atoms. The Morgan fingerprint density at radius 3 is 2.75 bits per heavy atom. The predicted molar refractivity (Wildman–Crippen MR) is 86.6 cm³/mol. The largest absolute Gasteiger partial charge is 0.372 e. The zero-order chi connectivity index (χ0) is 17.0. The lowest BCUT2D eigenvalue weighted by Crippen LogP contribution is -2.38. The lowest BCUT2D eigenvalue weighted by Gasteiger charge is -2.25. The Labute approximate surface area is 149 Å². The molecular weight excluding hydrogens is 392 g/mol. The third-order valence-electron chi connectivity index (χ3n) is 3.46. The van der Waals surface area contributed by atoms with Gasteiger partial charge in [-0.05, 0) is 17.7 Å². The van der Waals surface area contributed by atoms with Crippen LogP contribution in [0.5, 0.6) is 0 Å². The van der Waals surface area contributed by atoms with Crippen molar-refractivity contribution in [3.05, 3.63) is 34.6 Å². The molecule has 1 aliphatic heterocycles. The maximum absolute atomic E-state index is 13.6. The van der Waals surface area contributed by atoms with E-state index in [0.29, 0.717) is 25.3 Å². The van der Waals surface area contributed by atoms with E-state index in [1.165, 1.54) is 12.1 Å². The summed E-state index contributed by atoms with van der Waals surface area (Å²) >= 11 is 5.64. The minimum absolute atomic E-state index is 0. The highest BCUT2D eigenvalue weighted by Crippen LogP contribution is 2.29. The van der Waals surface area contributed by atoms with Crippen molar-refractivity contribution < 1.29 is 26.3 Å². The molecule has 1 aromatic rings. The van der Waals surface area contributed by atoms with Gasteiger partial charge in [-0.25, -0.2) is 17.5 Å². The summed E-state index contributed by atoms with van der Waals surface area (Å²) in [5, 5.41) is 2.98. The summed E-state index contributed by atoms with van der Waals surface area (Å²) in [6.45, 7) is 0.924. The molecule has 0 amide bonds. The van der Waals surface area contributed by atoms with Crippen LogP contribution in [0.4, 0.5) is 13.2 Å². The number of nitrogens with one attached hydrogen (secondary N) is 2. The molecule has 0 saturated carbocycles. The number of halogens is 5. The molecule has 2 atom stereocenters. The second-order valence-corrected chi connectivity index (χ2v) is 7.23. The van der Waals surface area contributed by atoms with Crippen LogP contribution in [0.25, 0.3) is 0 Å². The van der Waals surface area contributed by atoms with Crippen molar-refractivity contribution in [1.29, 1.82) is 0 Å². The van der Waals surface area contributed by atoms with Gasteiger partial charge in [-0.1, -0.05) is 17.7 Å². The van der Waals surface area contributed by atoms with E-state index in [9.17, 15) is 21.6 Å². The fourth-order valence-corrected chi connectivity index (χ4v) is 3.00. The molecule has 0 spiro atoms. The van der Waals surface area contributed by atoms with E-state index < -0.39 is 33.6 Å². The molecule has 0 bridgehead atoms. The molecule has 0 unspecified atom stereocenters. The summed E-state index contributed by atoms with van der Waals surface area (Å²) in [7, 11) is -4.69. The number of sulfonamides is 1. The first-order valence-electron chi connectivity index (χ1n) is 6.85. The van der Waals surface area contributed by atoms with Crippen LogP contribution >= 0.6 is 24.0 Å². The number of hydrogen-bond acceptors (Lipinski definition) is 4. The van der Waals surface area contributed by atoms with E-state index in [2.05, 4.69) is 5.32 Å². The van der Waals surface area contributed by atoms with Gasteiger partial charge in [0, 0.05) is 25.6 Å². The van der Waals surface area contributed by atoms with Crippen molar-refractivity contribution in [2.75, 3.05) is 26.2 Å². The second kappa shape index (κ2) is 9.21. The molecule has 0 aromatic heterocycles. The molecule has 1 heterocycles. The minimum Gasteiger partial charge on any atom is -0.372 e. The Bertz CT molecular complexity index is 649. The zero-order valence-electron chi connectivity index (χ0n) is 12.3. The summed E-state index contributed by atoms with van der Waals surface area (Å²) in [6, 6.07) is 4.14. The van der Waals surface area contributed by atoms with Crippen LogP contribution < -0.4 is 10.0 Å². The fourth-order valence-electron chi connectivity index (χ4n) is 2.31. The average molecular weight is 409 g/mol. The van der Waals surface area contributed by atoms with Gasteiger partial charge in [0.25, 0.3) is 10.0 Å². The van der Waals surface area contributed by atoms with E-state index in [4.69, 9.17) is 16.3 Å². The Kier molecular flexibility index (Phi) is 8.24. The molecule has 2 N–H and O–H groups in total. The van der Waals surface area contributed by atoms with Gasteiger partial charge in [0.05, 0.1) is 17.7 Å². The van der Waals surface area contributed by atoms with Gasteiger partial charge < -0.3 is 10.1 Å². The maximum Gasteiger partial charge on any atom is 0.350 e. The van der Waals surface area contributed by atoms with Gasteiger partial charge in [0.15, 0.2) is 0 Å². The summed E-state index contributed by atoms with van der Waals surface area (Å²) in [4.78, 5) is 0. The molecular formula is C13H17Cl2F3N2O3S. The number of benzene rings is 1. The molecule has 5 nitrogen and oxygen atoms in total. The molecule has 0 radical (unpaired) electrons. The van der Waals surface area contributed by atoms with Crippen molar-refractivity contribution in [2.45, 2.75) is 11.9 Å². The van der Waals surface area contributed by atoms with Crippen LogP contribution in [0.15, 0.2) is 18.2 Å². The van der Waals surface area contributed by atoms with E-state index in [0.717, 1.165) is 0 Å². The van der Waals surface area contributed by atoms with Crippen molar-refractivity contribution in [3.8, 4) is 0 Å². The van der Waals surface area contributed by atoms with Gasteiger partial charge in [0.1, 0.15) is 5.82 Å². The van der Waals surface area contributed by atoms with Crippen molar-refractivity contribution in [1.82, 2.24) is 10.0 Å². The summed E-state index contributed by atoms with van der Waals surface area (Å²) in [5.41, 5.74) is 0.469. The monoisotopic (exact) mass is 408 g/mol. The molecule has 1 fully saturated rings. The highest BCUT2D eigenvalue weighted by Gasteiger charge is 2.30. The number of rotatable bonds is 5. The van der Waals surface area contributed by atoms with Crippen LogP contribution in [0.2, 0.25) is 5.02 Å². The Morgan fingerprint density at radius 1 is 1.42 bits per heavy atom.